The van der Waals surface area contributed by atoms with Crippen LogP contribution in [0, 0.1) is 11.3 Å². The lowest BCUT2D eigenvalue weighted by atomic mass is 9.93. The van der Waals surface area contributed by atoms with Gasteiger partial charge in [0.2, 0.25) is 0 Å². The first kappa shape index (κ1) is 22.1. The number of hydrogen-bond acceptors (Lipinski definition) is 6. The van der Waals surface area contributed by atoms with Crippen molar-refractivity contribution in [3.63, 3.8) is 0 Å². The minimum Gasteiger partial charge on any atom is -0.386 e. The Bertz CT molecular complexity index is 1200. The van der Waals surface area contributed by atoms with Gasteiger partial charge in [0, 0.05) is 11.3 Å². The van der Waals surface area contributed by atoms with E-state index in [0.29, 0.717) is 5.69 Å². The fourth-order valence-corrected chi connectivity index (χ4v) is 7.38. The number of nitrogens with zero attached hydrogens (tertiary/aromatic N) is 1. The van der Waals surface area contributed by atoms with E-state index in [0.717, 1.165) is 77.7 Å². The van der Waals surface area contributed by atoms with E-state index >= 15 is 0 Å². The second-order valence-electron chi connectivity index (χ2n) is 8.35. The number of sulfonamides is 1. The zero-order valence-corrected chi connectivity index (χ0v) is 19.5. The number of amides is 2. The van der Waals surface area contributed by atoms with Gasteiger partial charge in [0.15, 0.2) is 0 Å². The third-order valence-electron chi connectivity index (χ3n) is 5.81. The summed E-state index contributed by atoms with van der Waals surface area (Å²) < 4.78 is 27.5. The van der Waals surface area contributed by atoms with E-state index in [-0.39, 0.29) is 14.1 Å². The molecule has 1 aromatic carbocycles. The van der Waals surface area contributed by atoms with Crippen LogP contribution in [-0.2, 0) is 41.3 Å². The molecule has 1 aromatic heterocycles. The average Bonchev–Trinajstić information content (AvgIpc) is 3.39. The van der Waals surface area contributed by atoms with E-state index in [1.807, 2.05) is 0 Å². The lowest BCUT2D eigenvalue weighted by Gasteiger charge is -2.18. The summed E-state index contributed by atoms with van der Waals surface area (Å²) in [7, 11) is -4.17. The van der Waals surface area contributed by atoms with Crippen molar-refractivity contribution in [2.24, 2.45) is 0 Å². The summed E-state index contributed by atoms with van der Waals surface area (Å²) in [5, 5.41) is 22.6. The summed E-state index contributed by atoms with van der Waals surface area (Å²) in [6.45, 7) is 3.01. The minimum absolute atomic E-state index is 0.149. The first-order valence-corrected chi connectivity index (χ1v) is 12.7. The van der Waals surface area contributed by atoms with Gasteiger partial charge in [-0.3, -0.25) is 0 Å². The van der Waals surface area contributed by atoms with Crippen LogP contribution in [0.3, 0.4) is 0 Å². The number of carbonyl (C=O) groups is 1. The molecule has 1 heterocycles. The quantitative estimate of drug-likeness (QED) is 0.612. The van der Waals surface area contributed by atoms with E-state index in [1.165, 1.54) is 19.9 Å². The third kappa shape index (κ3) is 3.94. The molecule has 7 nitrogen and oxygen atoms in total. The zero-order valence-electron chi connectivity index (χ0n) is 17.1. The standard InChI is InChI=1S/C21H22ClN3O4S2/c1-21(2,27)16-9-17(30-19(16)22)31(28,29)25-20(26)24-18-13-7-3-5-11(13)15(10-23)12-6-4-8-14(12)18/h9,27H,3-8H2,1-2H3,(H2,24,25,26). The monoisotopic (exact) mass is 479 g/mol. The van der Waals surface area contributed by atoms with Crippen molar-refractivity contribution >= 4 is 44.7 Å². The Labute approximate surface area is 190 Å². The molecule has 2 amide bonds. The number of nitriles is 1. The first-order chi connectivity index (χ1) is 14.5. The number of hydrogen-bond donors (Lipinski definition) is 3. The molecule has 0 aliphatic heterocycles. The van der Waals surface area contributed by atoms with Gasteiger partial charge in [0.25, 0.3) is 10.0 Å². The molecule has 0 bridgehead atoms. The Morgan fingerprint density at radius 3 is 2.19 bits per heavy atom. The Kier molecular flexibility index (Phi) is 5.54. The Balaban J connectivity index is 1.63. The summed E-state index contributed by atoms with van der Waals surface area (Å²) >= 11 is 6.88. The van der Waals surface area contributed by atoms with Gasteiger partial charge in [-0.1, -0.05) is 11.6 Å². The second kappa shape index (κ2) is 7.78. The zero-order chi connectivity index (χ0) is 22.6. The number of halogens is 1. The lowest BCUT2D eigenvalue weighted by Crippen LogP contribution is -2.34. The smallest absolute Gasteiger partial charge is 0.333 e. The Morgan fingerprint density at radius 1 is 1.16 bits per heavy atom. The van der Waals surface area contributed by atoms with Crippen LogP contribution in [0.4, 0.5) is 10.5 Å². The van der Waals surface area contributed by atoms with Gasteiger partial charge in [-0.2, -0.15) is 5.26 Å². The largest absolute Gasteiger partial charge is 0.386 e. The molecular formula is C21H22ClN3O4S2. The molecule has 0 atom stereocenters. The van der Waals surface area contributed by atoms with Crippen LogP contribution in [0.15, 0.2) is 10.3 Å². The number of anilines is 1. The van der Waals surface area contributed by atoms with Crippen molar-refractivity contribution in [2.75, 3.05) is 5.32 Å². The van der Waals surface area contributed by atoms with Crippen LogP contribution in [0.1, 0.15) is 60.1 Å². The van der Waals surface area contributed by atoms with Gasteiger partial charge in [0.05, 0.1) is 17.2 Å². The number of urea groups is 1. The summed E-state index contributed by atoms with van der Waals surface area (Å²) in [5.41, 5.74) is 4.17. The first-order valence-electron chi connectivity index (χ1n) is 9.98. The van der Waals surface area contributed by atoms with Crippen LogP contribution < -0.4 is 10.0 Å². The van der Waals surface area contributed by atoms with Crippen LogP contribution >= 0.6 is 22.9 Å². The molecule has 2 aromatic rings. The Morgan fingerprint density at radius 2 is 1.71 bits per heavy atom. The molecule has 0 radical (unpaired) electrons. The fourth-order valence-electron chi connectivity index (χ4n) is 4.45. The number of benzene rings is 1. The highest BCUT2D eigenvalue weighted by Crippen LogP contribution is 2.42. The van der Waals surface area contributed by atoms with Gasteiger partial charge in [-0.25, -0.2) is 17.9 Å². The number of fused-ring (bicyclic) bond motifs is 2. The number of thiophene rings is 1. The lowest BCUT2D eigenvalue weighted by molar-refractivity contribution is 0.0790. The molecule has 2 aliphatic carbocycles. The van der Waals surface area contributed by atoms with Gasteiger partial charge in [-0.15, -0.1) is 11.3 Å². The highest BCUT2D eigenvalue weighted by Gasteiger charge is 2.31. The molecule has 31 heavy (non-hydrogen) atoms. The van der Waals surface area contributed by atoms with Gasteiger partial charge < -0.3 is 10.4 Å². The minimum atomic E-state index is -4.17. The molecule has 0 unspecified atom stereocenters. The van der Waals surface area contributed by atoms with Crippen molar-refractivity contribution in [1.82, 2.24) is 4.72 Å². The van der Waals surface area contributed by atoms with Crippen LogP contribution in [0.2, 0.25) is 4.34 Å². The van der Waals surface area contributed by atoms with Crippen LogP contribution in [0.5, 0.6) is 0 Å². The molecule has 0 fully saturated rings. The van der Waals surface area contributed by atoms with E-state index in [2.05, 4.69) is 16.1 Å². The van der Waals surface area contributed by atoms with Crippen molar-refractivity contribution in [2.45, 2.75) is 62.2 Å². The van der Waals surface area contributed by atoms with Gasteiger partial charge in [-0.05, 0) is 80.7 Å². The topological polar surface area (TPSA) is 119 Å². The van der Waals surface area contributed by atoms with E-state index in [1.54, 1.807) is 0 Å². The van der Waals surface area contributed by atoms with Gasteiger partial charge in [0.1, 0.15) is 8.55 Å². The molecule has 4 rings (SSSR count). The summed E-state index contributed by atoms with van der Waals surface area (Å²) in [4.78, 5) is 12.7. The molecule has 0 saturated carbocycles. The predicted octanol–water partition coefficient (Wildman–Crippen LogP) is 3.99. The van der Waals surface area contributed by atoms with Crippen molar-refractivity contribution in [1.29, 1.82) is 5.26 Å². The van der Waals surface area contributed by atoms with Crippen molar-refractivity contribution < 1.29 is 18.3 Å². The number of carbonyl (C=O) groups excluding carboxylic acids is 1. The van der Waals surface area contributed by atoms with E-state index < -0.39 is 21.7 Å². The normalized spacial score (nSPS) is 15.3. The molecular weight excluding hydrogens is 458 g/mol. The molecule has 0 spiro atoms. The maximum Gasteiger partial charge on any atom is 0.333 e. The Hall–Kier alpha value is -2.12. The number of aliphatic hydroxyl groups is 1. The number of rotatable bonds is 4. The third-order valence-corrected chi connectivity index (χ3v) is 8.97. The van der Waals surface area contributed by atoms with E-state index in [4.69, 9.17) is 11.6 Å². The average molecular weight is 480 g/mol. The summed E-state index contributed by atoms with van der Waals surface area (Å²) in [5.74, 6) is 0. The fraction of sp³-hybridized carbons (Fsp3) is 0.429. The number of nitrogens with one attached hydrogen (secondary N) is 2. The summed E-state index contributed by atoms with van der Waals surface area (Å²) in [6, 6.07) is 2.75. The van der Waals surface area contributed by atoms with Crippen LogP contribution in [0.25, 0.3) is 0 Å². The molecule has 10 heteroatoms. The second-order valence-corrected chi connectivity index (χ2v) is 11.9. The molecule has 164 valence electrons. The van der Waals surface area contributed by atoms with E-state index in [9.17, 15) is 23.6 Å². The van der Waals surface area contributed by atoms with Gasteiger partial charge >= 0.3 is 6.03 Å². The van der Waals surface area contributed by atoms with Crippen LogP contribution in [-0.4, -0.2) is 19.6 Å². The molecule has 0 saturated heterocycles. The molecule has 2 aliphatic rings. The summed E-state index contributed by atoms with van der Waals surface area (Å²) in [6.07, 6.45) is 4.86. The van der Waals surface area contributed by atoms with Crippen molar-refractivity contribution in [3.05, 3.63) is 43.8 Å². The highest BCUT2D eigenvalue weighted by atomic mass is 35.5. The predicted molar refractivity (Wildman–Crippen MR) is 119 cm³/mol. The maximum absolute atomic E-state index is 12.7. The maximum atomic E-state index is 12.7. The SMILES string of the molecule is CC(C)(O)c1cc(S(=O)(=O)NC(=O)Nc2c3c(c(C#N)c4c2CCC4)CCC3)sc1Cl. The van der Waals surface area contributed by atoms with Crippen molar-refractivity contribution in [3.8, 4) is 6.07 Å². The highest BCUT2D eigenvalue weighted by molar-refractivity contribution is 7.92. The molecule has 3 N–H and O–H groups in total.